The zero-order valence-corrected chi connectivity index (χ0v) is 20.1. The highest BCUT2D eigenvalue weighted by Crippen LogP contribution is 2.07. The topological polar surface area (TPSA) is 89.5 Å². The molecule has 0 rings (SSSR count). The van der Waals surface area contributed by atoms with Crippen molar-refractivity contribution >= 4 is 11.9 Å². The van der Waals surface area contributed by atoms with Crippen LogP contribution in [-0.2, 0) is 38.0 Å². The summed E-state index contributed by atoms with van der Waals surface area (Å²) >= 11 is 0. The molecule has 0 heterocycles. The van der Waals surface area contributed by atoms with Crippen molar-refractivity contribution in [1.29, 1.82) is 0 Å². The Kier molecular flexibility index (Phi) is 19.9. The summed E-state index contributed by atoms with van der Waals surface area (Å²) in [5.74, 6) is -0.536. The molecule has 0 N–H and O–H groups in total. The molecule has 0 aromatic heterocycles. The van der Waals surface area contributed by atoms with Crippen molar-refractivity contribution in [2.45, 2.75) is 78.2 Å². The van der Waals surface area contributed by atoms with Gasteiger partial charge < -0.3 is 28.4 Å². The largest absolute Gasteiger partial charge is 0.463 e. The summed E-state index contributed by atoms with van der Waals surface area (Å²) in [5.41, 5.74) is -0.504. The number of rotatable bonds is 21. The molecule has 0 radical (unpaired) electrons. The van der Waals surface area contributed by atoms with Crippen molar-refractivity contribution in [2.24, 2.45) is 0 Å². The average Bonchev–Trinajstić information content (AvgIpc) is 2.69. The molecule has 0 spiro atoms. The van der Waals surface area contributed by atoms with Gasteiger partial charge in [0.25, 0.3) is 0 Å². The van der Waals surface area contributed by atoms with Crippen LogP contribution in [0.2, 0.25) is 0 Å². The van der Waals surface area contributed by atoms with E-state index in [1.54, 1.807) is 0 Å². The molecule has 8 heteroatoms. The summed E-state index contributed by atoms with van der Waals surface area (Å²) in [7, 11) is 0. The highest BCUT2D eigenvalue weighted by Gasteiger charge is 2.15. The van der Waals surface area contributed by atoms with Crippen LogP contribution in [0.5, 0.6) is 0 Å². The maximum Gasteiger partial charge on any atom is 0.332 e. The summed E-state index contributed by atoms with van der Waals surface area (Å²) in [5, 5.41) is 0. The van der Waals surface area contributed by atoms with Gasteiger partial charge in [-0.05, 0) is 27.2 Å². The molecule has 0 unspecified atom stereocenters. The number of ether oxygens (including phenoxy) is 6. The predicted octanol–water partition coefficient (Wildman–Crippen LogP) is 3.69. The zero-order valence-electron chi connectivity index (χ0n) is 20.1. The molecular formula is C23H44O8. The Morgan fingerprint density at radius 3 is 1.65 bits per heavy atom. The Balaban J connectivity index is 3.23. The first-order valence-electron chi connectivity index (χ1n) is 11.5. The van der Waals surface area contributed by atoms with Crippen molar-refractivity contribution in [3.8, 4) is 0 Å². The van der Waals surface area contributed by atoms with E-state index in [-0.39, 0.29) is 25.2 Å². The lowest BCUT2D eigenvalue weighted by Crippen LogP contribution is -2.27. The molecule has 8 nitrogen and oxygen atoms in total. The van der Waals surface area contributed by atoms with E-state index < -0.39 is 5.60 Å². The van der Waals surface area contributed by atoms with Crippen LogP contribution in [0.25, 0.3) is 0 Å². The van der Waals surface area contributed by atoms with Gasteiger partial charge in [-0.15, -0.1) is 0 Å². The van der Waals surface area contributed by atoms with Crippen molar-refractivity contribution in [1.82, 2.24) is 0 Å². The van der Waals surface area contributed by atoms with Gasteiger partial charge in [-0.25, -0.2) is 4.79 Å². The number of carbonyl (C=O) groups is 2. The van der Waals surface area contributed by atoms with Gasteiger partial charge in [0.15, 0.2) is 0 Å². The van der Waals surface area contributed by atoms with E-state index in [1.165, 1.54) is 25.7 Å². The molecule has 0 saturated heterocycles. The molecule has 0 saturated carbocycles. The molecule has 0 amide bonds. The van der Waals surface area contributed by atoms with Gasteiger partial charge >= 0.3 is 11.9 Å². The van der Waals surface area contributed by atoms with Gasteiger partial charge in [0.05, 0.1) is 46.2 Å². The lowest BCUT2D eigenvalue weighted by atomic mass is 10.1. The van der Waals surface area contributed by atoms with E-state index in [2.05, 4.69) is 6.92 Å². The SMILES string of the molecule is CCCCCCCCC(=O)OCCOCCOCCOCCOCC(=O)OC(C)(C)C. The van der Waals surface area contributed by atoms with Crippen LogP contribution in [0, 0.1) is 0 Å². The molecule has 0 aliphatic rings. The van der Waals surface area contributed by atoms with Crippen LogP contribution in [0.3, 0.4) is 0 Å². The second kappa shape index (κ2) is 20.7. The Labute approximate surface area is 188 Å². The summed E-state index contributed by atoms with van der Waals surface area (Å²) in [6, 6.07) is 0. The van der Waals surface area contributed by atoms with Gasteiger partial charge in [0.1, 0.15) is 18.8 Å². The van der Waals surface area contributed by atoms with Crippen LogP contribution in [-0.4, -0.2) is 77.0 Å². The van der Waals surface area contributed by atoms with E-state index in [9.17, 15) is 9.59 Å². The summed E-state index contributed by atoms with van der Waals surface area (Å²) in [6.45, 7) is 10.7. The van der Waals surface area contributed by atoms with Crippen molar-refractivity contribution < 1.29 is 38.0 Å². The molecule has 0 atom stereocenters. The summed E-state index contributed by atoms with van der Waals surface area (Å²) in [6.07, 6.45) is 7.41. The quantitative estimate of drug-likeness (QED) is 0.194. The van der Waals surface area contributed by atoms with Gasteiger partial charge in [-0.2, -0.15) is 0 Å². The van der Waals surface area contributed by atoms with Crippen LogP contribution in [0.15, 0.2) is 0 Å². The summed E-state index contributed by atoms with van der Waals surface area (Å²) < 4.78 is 31.5. The van der Waals surface area contributed by atoms with Crippen LogP contribution < -0.4 is 0 Å². The first kappa shape index (κ1) is 29.8. The molecule has 0 fully saturated rings. The molecule has 0 aliphatic heterocycles. The lowest BCUT2D eigenvalue weighted by molar-refractivity contribution is -0.160. The van der Waals surface area contributed by atoms with E-state index >= 15 is 0 Å². The standard InChI is InChI=1S/C23H44O8/c1-5-6-7-8-9-10-11-21(24)30-19-18-28-15-14-26-12-13-27-16-17-29-20-22(25)31-23(2,3)4/h5-20H2,1-4H3. The minimum Gasteiger partial charge on any atom is -0.463 e. The monoisotopic (exact) mass is 448 g/mol. The predicted molar refractivity (Wildman–Crippen MR) is 118 cm³/mol. The lowest BCUT2D eigenvalue weighted by Gasteiger charge is -2.19. The van der Waals surface area contributed by atoms with Crippen molar-refractivity contribution in [3.05, 3.63) is 0 Å². The van der Waals surface area contributed by atoms with Crippen molar-refractivity contribution in [2.75, 3.05) is 59.5 Å². The molecule has 31 heavy (non-hydrogen) atoms. The smallest absolute Gasteiger partial charge is 0.332 e. The fourth-order valence-corrected chi connectivity index (χ4v) is 2.52. The highest BCUT2D eigenvalue weighted by atomic mass is 16.6. The molecule has 0 bridgehead atoms. The van der Waals surface area contributed by atoms with E-state index in [0.717, 1.165) is 12.8 Å². The minimum atomic E-state index is -0.504. The van der Waals surface area contributed by atoms with Gasteiger partial charge in [-0.3, -0.25) is 4.79 Å². The second-order valence-corrected chi connectivity index (χ2v) is 8.21. The molecule has 0 aliphatic carbocycles. The van der Waals surface area contributed by atoms with Gasteiger partial charge in [0.2, 0.25) is 0 Å². The van der Waals surface area contributed by atoms with Crippen LogP contribution in [0.1, 0.15) is 72.6 Å². The van der Waals surface area contributed by atoms with E-state index in [4.69, 9.17) is 28.4 Å². The van der Waals surface area contributed by atoms with Gasteiger partial charge in [-0.1, -0.05) is 39.0 Å². The number of hydrogen-bond donors (Lipinski definition) is 0. The average molecular weight is 449 g/mol. The Morgan fingerprint density at radius 2 is 1.10 bits per heavy atom. The third-order valence-electron chi connectivity index (χ3n) is 3.98. The third-order valence-corrected chi connectivity index (χ3v) is 3.98. The van der Waals surface area contributed by atoms with E-state index in [1.807, 2.05) is 20.8 Å². The first-order chi connectivity index (χ1) is 14.8. The number of carbonyl (C=O) groups excluding carboxylic acids is 2. The molecule has 184 valence electrons. The maximum absolute atomic E-state index is 11.6. The second-order valence-electron chi connectivity index (χ2n) is 8.21. The Morgan fingerprint density at radius 1 is 0.613 bits per heavy atom. The molecular weight excluding hydrogens is 404 g/mol. The number of esters is 2. The summed E-state index contributed by atoms with van der Waals surface area (Å²) in [4.78, 5) is 23.0. The number of unbranched alkanes of at least 4 members (excludes halogenated alkanes) is 5. The zero-order chi connectivity index (χ0) is 23.2. The van der Waals surface area contributed by atoms with Crippen molar-refractivity contribution in [3.63, 3.8) is 0 Å². The van der Waals surface area contributed by atoms with Crippen LogP contribution >= 0.6 is 0 Å². The minimum absolute atomic E-state index is 0.0805. The Hall–Kier alpha value is -1.22. The first-order valence-corrected chi connectivity index (χ1v) is 11.5. The van der Waals surface area contributed by atoms with Gasteiger partial charge in [0, 0.05) is 6.42 Å². The fraction of sp³-hybridized carbons (Fsp3) is 0.913. The normalized spacial score (nSPS) is 11.5. The van der Waals surface area contributed by atoms with E-state index in [0.29, 0.717) is 52.7 Å². The third kappa shape index (κ3) is 24.9. The maximum atomic E-state index is 11.6. The molecule has 0 aromatic rings. The fourth-order valence-electron chi connectivity index (χ4n) is 2.52. The van der Waals surface area contributed by atoms with Crippen LogP contribution in [0.4, 0.5) is 0 Å². The number of hydrogen-bond acceptors (Lipinski definition) is 8. The molecule has 0 aromatic carbocycles. The Bertz CT molecular complexity index is 434. The highest BCUT2D eigenvalue weighted by molar-refractivity contribution is 5.71.